The molecule has 1 aromatic rings. The second kappa shape index (κ2) is 7.85. The molecule has 2 fully saturated rings. The summed E-state index contributed by atoms with van der Waals surface area (Å²) in [6.45, 7) is 0.109. The minimum absolute atomic E-state index is 0.0225. The maximum absolute atomic E-state index is 13.5. The van der Waals surface area contributed by atoms with E-state index in [0.717, 1.165) is 12.8 Å². The molecule has 0 bridgehead atoms. The number of rotatable bonds is 7. The highest BCUT2D eigenvalue weighted by atomic mass is 19.1. The number of methoxy groups -OCH3 is 1. The molecule has 2 aliphatic rings. The summed E-state index contributed by atoms with van der Waals surface area (Å²) in [5.41, 5.74) is 0.703. The summed E-state index contributed by atoms with van der Waals surface area (Å²) in [6.07, 6.45) is 2.86. The summed E-state index contributed by atoms with van der Waals surface area (Å²) in [6, 6.07) is 5.93. The maximum Gasteiger partial charge on any atom is 0.325 e. The van der Waals surface area contributed by atoms with Crippen molar-refractivity contribution in [3.05, 3.63) is 35.6 Å². The molecule has 0 radical (unpaired) electrons. The monoisotopic (exact) mass is 362 g/mol. The van der Waals surface area contributed by atoms with Crippen molar-refractivity contribution in [2.24, 2.45) is 11.8 Å². The van der Waals surface area contributed by atoms with Crippen LogP contribution in [-0.2, 0) is 25.7 Å². The van der Waals surface area contributed by atoms with E-state index in [1.807, 2.05) is 0 Å². The highest BCUT2D eigenvalue weighted by Gasteiger charge is 2.47. The highest BCUT2D eigenvalue weighted by Crippen LogP contribution is 2.43. The molecule has 140 valence electrons. The first-order valence-electron chi connectivity index (χ1n) is 8.88. The summed E-state index contributed by atoms with van der Waals surface area (Å²) < 4.78 is 18.0. The molecule has 26 heavy (non-hydrogen) atoms. The van der Waals surface area contributed by atoms with Gasteiger partial charge in [0.05, 0.1) is 13.0 Å². The Labute approximate surface area is 151 Å². The van der Waals surface area contributed by atoms with Crippen LogP contribution >= 0.6 is 0 Å². The van der Waals surface area contributed by atoms with E-state index in [1.54, 1.807) is 17.0 Å². The smallest absolute Gasteiger partial charge is 0.325 e. The van der Waals surface area contributed by atoms with Gasteiger partial charge in [0.15, 0.2) is 0 Å². The van der Waals surface area contributed by atoms with Crippen molar-refractivity contribution in [1.29, 1.82) is 0 Å². The van der Waals surface area contributed by atoms with Gasteiger partial charge in [0.1, 0.15) is 12.4 Å². The van der Waals surface area contributed by atoms with Crippen LogP contribution in [0.2, 0.25) is 0 Å². The molecular formula is C19H23FN2O4. The zero-order chi connectivity index (χ0) is 18.7. The number of esters is 1. The Morgan fingerprint density at radius 2 is 2.12 bits per heavy atom. The molecule has 0 unspecified atom stereocenters. The normalized spacial score (nSPS) is 20.8. The number of likely N-dealkylation sites (tertiary alicyclic amines) is 1. The Bertz CT molecular complexity index is 705. The van der Waals surface area contributed by atoms with E-state index in [0.29, 0.717) is 18.4 Å². The molecule has 2 atom stereocenters. The molecule has 2 amide bonds. The van der Waals surface area contributed by atoms with Gasteiger partial charge < -0.3 is 15.0 Å². The summed E-state index contributed by atoms with van der Waals surface area (Å²) in [4.78, 5) is 38.0. The van der Waals surface area contributed by atoms with E-state index in [1.165, 1.54) is 19.2 Å². The third-order valence-electron chi connectivity index (χ3n) is 5.10. The largest absolute Gasteiger partial charge is 0.468 e. The number of carbonyl (C=O) groups is 3. The topological polar surface area (TPSA) is 75.7 Å². The first-order valence-corrected chi connectivity index (χ1v) is 8.88. The van der Waals surface area contributed by atoms with Gasteiger partial charge in [0, 0.05) is 19.0 Å². The average Bonchev–Trinajstić information content (AvgIpc) is 3.39. The van der Waals surface area contributed by atoms with Gasteiger partial charge in [-0.3, -0.25) is 14.4 Å². The van der Waals surface area contributed by atoms with Gasteiger partial charge in [-0.15, -0.1) is 0 Å². The lowest BCUT2D eigenvalue weighted by Gasteiger charge is -2.31. The molecule has 6 nitrogen and oxygen atoms in total. The van der Waals surface area contributed by atoms with Gasteiger partial charge in [-0.2, -0.15) is 0 Å². The number of benzene rings is 1. The van der Waals surface area contributed by atoms with Crippen LogP contribution in [0.4, 0.5) is 4.39 Å². The lowest BCUT2D eigenvalue weighted by Crippen LogP contribution is -2.47. The minimum atomic E-state index is -0.507. The number of halogens is 1. The standard InChI is InChI=1S/C19H23FN2O4/c1-26-17(24)10-21-19(25)18(13-5-6-13)15-7-8-16(23)22(15)11-12-3-2-4-14(20)9-12/h2-4,9,13,15,18H,5-8,10-11H2,1H3,(H,21,25)/t15-,18-/m0/s1. The Balaban J connectivity index is 1.73. The average molecular weight is 362 g/mol. The molecule has 3 rings (SSSR count). The number of hydrogen-bond acceptors (Lipinski definition) is 4. The van der Waals surface area contributed by atoms with Crippen LogP contribution in [0.1, 0.15) is 31.2 Å². The molecule has 1 aromatic carbocycles. The van der Waals surface area contributed by atoms with Gasteiger partial charge >= 0.3 is 5.97 Å². The van der Waals surface area contributed by atoms with Gasteiger partial charge in [0.25, 0.3) is 0 Å². The molecule has 1 aliphatic heterocycles. The first-order chi connectivity index (χ1) is 12.5. The van der Waals surface area contributed by atoms with E-state index in [4.69, 9.17) is 0 Å². The first kappa shape index (κ1) is 18.4. The molecule has 0 spiro atoms. The van der Waals surface area contributed by atoms with E-state index in [9.17, 15) is 18.8 Å². The molecule has 1 N–H and O–H groups in total. The fourth-order valence-electron chi connectivity index (χ4n) is 3.67. The van der Waals surface area contributed by atoms with Crippen LogP contribution in [0, 0.1) is 17.7 Å². The summed E-state index contributed by atoms with van der Waals surface area (Å²) in [5, 5.41) is 2.63. The van der Waals surface area contributed by atoms with Gasteiger partial charge in [-0.1, -0.05) is 12.1 Å². The fourth-order valence-corrected chi connectivity index (χ4v) is 3.67. The number of ether oxygens (including phenoxy) is 1. The molecule has 0 aromatic heterocycles. The predicted octanol–water partition coefficient (Wildman–Crippen LogP) is 1.63. The predicted molar refractivity (Wildman–Crippen MR) is 91.2 cm³/mol. The summed E-state index contributed by atoms with van der Waals surface area (Å²) >= 11 is 0. The van der Waals surface area contributed by atoms with Crippen molar-refractivity contribution in [2.75, 3.05) is 13.7 Å². The Morgan fingerprint density at radius 3 is 2.77 bits per heavy atom. The van der Waals surface area contributed by atoms with Gasteiger partial charge in [-0.05, 0) is 42.9 Å². The van der Waals surface area contributed by atoms with E-state index in [2.05, 4.69) is 10.1 Å². The van der Waals surface area contributed by atoms with Crippen molar-refractivity contribution in [3.63, 3.8) is 0 Å². The minimum Gasteiger partial charge on any atom is -0.468 e. The molecule has 1 aliphatic carbocycles. The van der Waals surface area contributed by atoms with Crippen molar-refractivity contribution >= 4 is 17.8 Å². The summed E-state index contributed by atoms with van der Waals surface area (Å²) in [5.74, 6) is -1.22. The Kier molecular flexibility index (Phi) is 5.54. The zero-order valence-corrected chi connectivity index (χ0v) is 14.7. The number of amides is 2. The van der Waals surface area contributed by atoms with Crippen molar-refractivity contribution in [1.82, 2.24) is 10.2 Å². The maximum atomic E-state index is 13.5. The van der Waals surface area contributed by atoms with Crippen molar-refractivity contribution in [2.45, 2.75) is 38.3 Å². The molecule has 7 heteroatoms. The highest BCUT2D eigenvalue weighted by molar-refractivity contribution is 5.86. The fraction of sp³-hybridized carbons (Fsp3) is 0.526. The number of nitrogens with zero attached hydrogens (tertiary/aromatic N) is 1. The lowest BCUT2D eigenvalue weighted by molar-refractivity contribution is -0.142. The van der Waals surface area contributed by atoms with Gasteiger partial charge in [-0.25, -0.2) is 4.39 Å². The van der Waals surface area contributed by atoms with E-state index < -0.39 is 5.97 Å². The molecular weight excluding hydrogens is 339 g/mol. The van der Waals surface area contributed by atoms with Crippen LogP contribution in [0.5, 0.6) is 0 Å². The van der Waals surface area contributed by atoms with Crippen LogP contribution in [0.15, 0.2) is 24.3 Å². The van der Waals surface area contributed by atoms with Gasteiger partial charge in [0.2, 0.25) is 11.8 Å². The Morgan fingerprint density at radius 1 is 1.35 bits per heavy atom. The number of hydrogen-bond donors (Lipinski definition) is 1. The summed E-state index contributed by atoms with van der Waals surface area (Å²) in [7, 11) is 1.27. The van der Waals surface area contributed by atoms with Crippen molar-refractivity contribution in [3.8, 4) is 0 Å². The second-order valence-corrected chi connectivity index (χ2v) is 6.91. The zero-order valence-electron chi connectivity index (χ0n) is 14.7. The third-order valence-corrected chi connectivity index (χ3v) is 5.10. The van der Waals surface area contributed by atoms with Crippen LogP contribution < -0.4 is 5.32 Å². The SMILES string of the molecule is COC(=O)CNC(=O)[C@@H](C1CC1)[C@@H]1CCC(=O)N1Cc1cccc(F)c1. The Hall–Kier alpha value is -2.44. The molecule has 1 saturated carbocycles. The molecule has 1 heterocycles. The van der Waals surface area contributed by atoms with E-state index in [-0.39, 0.29) is 48.6 Å². The number of carbonyl (C=O) groups excluding carboxylic acids is 3. The van der Waals surface area contributed by atoms with Crippen molar-refractivity contribution < 1.29 is 23.5 Å². The van der Waals surface area contributed by atoms with Crippen LogP contribution in [-0.4, -0.2) is 42.4 Å². The second-order valence-electron chi connectivity index (χ2n) is 6.91. The van der Waals surface area contributed by atoms with Crippen LogP contribution in [0.3, 0.4) is 0 Å². The van der Waals surface area contributed by atoms with Crippen LogP contribution in [0.25, 0.3) is 0 Å². The number of nitrogens with one attached hydrogen (secondary N) is 1. The lowest BCUT2D eigenvalue weighted by atomic mass is 9.91. The third kappa shape index (κ3) is 4.20. The molecule has 1 saturated heterocycles. The van der Waals surface area contributed by atoms with E-state index >= 15 is 0 Å². The quantitative estimate of drug-likeness (QED) is 0.748.